The molecule has 1 aromatic carbocycles. The van der Waals surface area contributed by atoms with E-state index in [4.69, 9.17) is 10.1 Å². The molecule has 1 amide bonds. The summed E-state index contributed by atoms with van der Waals surface area (Å²) in [7, 11) is 0. The predicted molar refractivity (Wildman–Crippen MR) is 107 cm³/mol. The highest BCUT2D eigenvalue weighted by Crippen LogP contribution is 2.25. The number of piperidine rings is 1. The van der Waals surface area contributed by atoms with Gasteiger partial charge in [-0.2, -0.15) is 5.10 Å². The number of carbonyl (C=O) groups is 2. The standard InChI is InChI=1S/C21H24N4O4/c1-13-15(7-8-18(26)24-11-9-21(29,10-12-24)20(27)28)14(2)25-19(22-13)16-5-3-4-6-17(16)23-25/h3-6,29H,7-12H2,1-2H3,(H,27,28). The van der Waals surface area contributed by atoms with Gasteiger partial charge >= 0.3 is 5.97 Å². The normalized spacial score (nSPS) is 16.4. The van der Waals surface area contributed by atoms with Gasteiger partial charge in [-0.25, -0.2) is 14.3 Å². The average molecular weight is 396 g/mol. The lowest BCUT2D eigenvalue weighted by Gasteiger charge is -2.35. The molecule has 1 aliphatic heterocycles. The smallest absolute Gasteiger partial charge is 0.335 e. The highest BCUT2D eigenvalue weighted by molar-refractivity contribution is 5.92. The van der Waals surface area contributed by atoms with Gasteiger partial charge < -0.3 is 15.1 Å². The molecule has 0 saturated carbocycles. The van der Waals surface area contributed by atoms with Crippen LogP contribution in [-0.4, -0.2) is 60.3 Å². The van der Waals surface area contributed by atoms with Crippen LogP contribution < -0.4 is 0 Å². The molecule has 0 radical (unpaired) electrons. The summed E-state index contributed by atoms with van der Waals surface area (Å²) >= 11 is 0. The predicted octanol–water partition coefficient (Wildman–Crippen LogP) is 1.87. The van der Waals surface area contributed by atoms with Gasteiger partial charge in [-0.15, -0.1) is 0 Å². The minimum absolute atomic E-state index is 0.0398. The molecule has 4 rings (SSSR count). The largest absolute Gasteiger partial charge is 0.479 e. The van der Waals surface area contributed by atoms with E-state index in [0.717, 1.165) is 33.5 Å². The van der Waals surface area contributed by atoms with E-state index in [1.165, 1.54) is 0 Å². The minimum Gasteiger partial charge on any atom is -0.479 e. The Labute approximate surface area is 167 Å². The second-order valence-electron chi connectivity index (χ2n) is 7.73. The quantitative estimate of drug-likeness (QED) is 0.697. The Morgan fingerprint density at radius 2 is 1.86 bits per heavy atom. The van der Waals surface area contributed by atoms with Gasteiger partial charge in [0.15, 0.2) is 11.2 Å². The van der Waals surface area contributed by atoms with Crippen molar-refractivity contribution in [3.63, 3.8) is 0 Å². The Bertz CT molecular complexity index is 1110. The number of hydrogen-bond acceptors (Lipinski definition) is 5. The topological polar surface area (TPSA) is 108 Å². The molecular weight excluding hydrogens is 372 g/mol. The first-order valence-corrected chi connectivity index (χ1v) is 9.77. The maximum absolute atomic E-state index is 12.6. The molecule has 1 aliphatic rings. The molecule has 0 bridgehead atoms. The molecule has 0 spiro atoms. The molecule has 3 heterocycles. The van der Waals surface area contributed by atoms with E-state index >= 15 is 0 Å². The number of likely N-dealkylation sites (tertiary alicyclic amines) is 1. The fraction of sp³-hybridized carbons (Fsp3) is 0.429. The van der Waals surface area contributed by atoms with Crippen molar-refractivity contribution in [2.45, 2.75) is 45.1 Å². The summed E-state index contributed by atoms with van der Waals surface area (Å²) in [5.74, 6) is -1.26. The first-order chi connectivity index (χ1) is 13.8. The highest BCUT2D eigenvalue weighted by Gasteiger charge is 2.40. The maximum Gasteiger partial charge on any atom is 0.335 e. The van der Waals surface area contributed by atoms with Crippen molar-refractivity contribution in [3.8, 4) is 0 Å². The number of aliphatic hydroxyl groups is 1. The maximum atomic E-state index is 12.6. The van der Waals surface area contributed by atoms with E-state index in [9.17, 15) is 14.7 Å². The third kappa shape index (κ3) is 3.33. The van der Waals surface area contributed by atoms with E-state index in [1.54, 1.807) is 4.90 Å². The van der Waals surface area contributed by atoms with Crippen LogP contribution in [0.5, 0.6) is 0 Å². The lowest BCUT2D eigenvalue weighted by molar-refractivity contribution is -0.165. The number of benzene rings is 1. The number of rotatable bonds is 4. The van der Waals surface area contributed by atoms with Crippen LogP contribution in [0.15, 0.2) is 24.3 Å². The Balaban J connectivity index is 1.51. The number of carboxylic acids is 1. The zero-order chi connectivity index (χ0) is 20.8. The van der Waals surface area contributed by atoms with E-state index in [-0.39, 0.29) is 31.8 Å². The van der Waals surface area contributed by atoms with Gasteiger partial charge in [-0.1, -0.05) is 12.1 Å². The number of aryl methyl sites for hydroxylation is 2. The van der Waals surface area contributed by atoms with Crippen LogP contribution in [0, 0.1) is 13.8 Å². The Morgan fingerprint density at radius 1 is 1.17 bits per heavy atom. The van der Waals surface area contributed by atoms with Gasteiger partial charge in [0.2, 0.25) is 5.91 Å². The summed E-state index contributed by atoms with van der Waals surface area (Å²) in [5.41, 5.74) is 2.83. The van der Waals surface area contributed by atoms with E-state index in [0.29, 0.717) is 12.8 Å². The molecule has 152 valence electrons. The summed E-state index contributed by atoms with van der Waals surface area (Å²) in [6.45, 7) is 4.44. The fourth-order valence-corrected chi connectivity index (χ4v) is 4.07. The van der Waals surface area contributed by atoms with E-state index in [2.05, 4.69) is 5.10 Å². The van der Waals surface area contributed by atoms with Gasteiger partial charge in [0, 0.05) is 49.1 Å². The van der Waals surface area contributed by atoms with Crippen molar-refractivity contribution in [1.82, 2.24) is 19.5 Å². The summed E-state index contributed by atoms with van der Waals surface area (Å²) < 4.78 is 1.84. The molecule has 2 N–H and O–H groups in total. The monoisotopic (exact) mass is 396 g/mol. The lowest BCUT2D eigenvalue weighted by atomic mass is 9.91. The summed E-state index contributed by atoms with van der Waals surface area (Å²) in [4.78, 5) is 30.1. The third-order valence-corrected chi connectivity index (χ3v) is 5.95. The Morgan fingerprint density at radius 3 is 2.55 bits per heavy atom. The van der Waals surface area contributed by atoms with E-state index < -0.39 is 11.6 Å². The highest BCUT2D eigenvalue weighted by atomic mass is 16.4. The van der Waals surface area contributed by atoms with Crippen molar-refractivity contribution < 1.29 is 19.8 Å². The second-order valence-corrected chi connectivity index (χ2v) is 7.73. The number of aliphatic carboxylic acids is 1. The van der Waals surface area contributed by atoms with Crippen molar-refractivity contribution >= 4 is 28.4 Å². The number of carboxylic acid groups (broad SMARTS) is 1. The summed E-state index contributed by atoms with van der Waals surface area (Å²) in [5, 5.41) is 24.8. The molecule has 0 atom stereocenters. The Hall–Kier alpha value is -3.00. The summed E-state index contributed by atoms with van der Waals surface area (Å²) in [6.07, 6.45) is 0.954. The molecular formula is C21H24N4O4. The zero-order valence-electron chi connectivity index (χ0n) is 16.6. The van der Waals surface area contributed by atoms with Crippen LogP contribution in [0.1, 0.15) is 36.2 Å². The van der Waals surface area contributed by atoms with Crippen molar-refractivity contribution in [1.29, 1.82) is 0 Å². The first-order valence-electron chi connectivity index (χ1n) is 9.77. The molecule has 8 heteroatoms. The average Bonchev–Trinajstić information content (AvgIpc) is 3.07. The van der Waals surface area contributed by atoms with Crippen LogP contribution >= 0.6 is 0 Å². The number of carbonyl (C=O) groups excluding carboxylic acids is 1. The second kappa shape index (κ2) is 7.11. The number of amides is 1. The van der Waals surface area contributed by atoms with Gasteiger partial charge in [-0.05, 0) is 38.0 Å². The molecule has 2 aromatic heterocycles. The first kappa shape index (κ1) is 19.3. The summed E-state index contributed by atoms with van der Waals surface area (Å²) in [6, 6.07) is 7.87. The SMILES string of the molecule is Cc1nc2c3ccccc3nn2c(C)c1CCC(=O)N1CCC(O)(C(=O)O)CC1. The van der Waals surface area contributed by atoms with Crippen LogP contribution in [0.3, 0.4) is 0 Å². The van der Waals surface area contributed by atoms with Crippen LogP contribution in [0.25, 0.3) is 16.6 Å². The number of nitrogens with zero attached hydrogens (tertiary/aromatic N) is 4. The number of hydrogen-bond donors (Lipinski definition) is 2. The van der Waals surface area contributed by atoms with Gasteiger partial charge in [0.1, 0.15) is 0 Å². The molecule has 0 aliphatic carbocycles. The molecule has 1 fully saturated rings. The van der Waals surface area contributed by atoms with Gasteiger partial charge in [0.25, 0.3) is 0 Å². The molecule has 1 saturated heterocycles. The van der Waals surface area contributed by atoms with Crippen molar-refractivity contribution in [2.24, 2.45) is 0 Å². The number of aromatic nitrogens is 3. The minimum atomic E-state index is -1.72. The van der Waals surface area contributed by atoms with Gasteiger partial charge in [0.05, 0.1) is 5.52 Å². The van der Waals surface area contributed by atoms with E-state index in [1.807, 2.05) is 42.6 Å². The molecule has 3 aromatic rings. The Kier molecular flexibility index (Phi) is 4.74. The van der Waals surface area contributed by atoms with Crippen molar-refractivity contribution in [3.05, 3.63) is 41.2 Å². The molecule has 29 heavy (non-hydrogen) atoms. The molecule has 0 unspecified atom stereocenters. The van der Waals surface area contributed by atoms with Crippen LogP contribution in [0.4, 0.5) is 0 Å². The third-order valence-electron chi connectivity index (χ3n) is 5.95. The van der Waals surface area contributed by atoms with Crippen LogP contribution in [-0.2, 0) is 16.0 Å². The lowest BCUT2D eigenvalue weighted by Crippen LogP contribution is -2.50. The van der Waals surface area contributed by atoms with Crippen molar-refractivity contribution in [2.75, 3.05) is 13.1 Å². The fourth-order valence-electron chi connectivity index (χ4n) is 4.07. The van der Waals surface area contributed by atoms with Crippen LogP contribution in [0.2, 0.25) is 0 Å². The number of fused-ring (bicyclic) bond motifs is 3. The zero-order valence-corrected chi connectivity index (χ0v) is 16.6. The van der Waals surface area contributed by atoms with Gasteiger partial charge in [-0.3, -0.25) is 4.79 Å². The molecule has 8 nitrogen and oxygen atoms in total.